The van der Waals surface area contributed by atoms with Gasteiger partial charge in [0.15, 0.2) is 0 Å². The number of urea groups is 1. The molecule has 0 aliphatic rings. The highest BCUT2D eigenvalue weighted by Gasteiger charge is 2.05. The number of nitrogens with one attached hydrogen (secondary N) is 3. The van der Waals surface area contributed by atoms with Crippen LogP contribution in [-0.2, 0) is 14.3 Å². The van der Waals surface area contributed by atoms with E-state index in [9.17, 15) is 14.4 Å². The number of ether oxygens (including phenoxy) is 1. The van der Waals surface area contributed by atoms with Crippen LogP contribution in [-0.4, -0.2) is 44.7 Å². The molecule has 3 amide bonds. The van der Waals surface area contributed by atoms with Crippen molar-refractivity contribution in [2.75, 3.05) is 26.7 Å². The van der Waals surface area contributed by atoms with Crippen LogP contribution in [0.25, 0.3) is 0 Å². The Morgan fingerprint density at radius 2 is 1.94 bits per heavy atom. The van der Waals surface area contributed by atoms with Crippen molar-refractivity contribution in [2.24, 2.45) is 0 Å². The lowest BCUT2D eigenvalue weighted by Crippen LogP contribution is -2.42. The second-order valence-electron chi connectivity index (χ2n) is 3.21. The third kappa shape index (κ3) is 9.31. The van der Waals surface area contributed by atoms with Gasteiger partial charge in [0.1, 0.15) is 0 Å². The molecule has 7 heteroatoms. The number of carbonyl (C=O) groups is 3. The fourth-order valence-corrected chi connectivity index (χ4v) is 1.03. The first-order valence-electron chi connectivity index (χ1n) is 5.48. The van der Waals surface area contributed by atoms with Crippen LogP contribution in [0, 0.1) is 0 Å². The largest absolute Gasteiger partial charge is 0.466 e. The number of hydrogen-bond acceptors (Lipinski definition) is 5. The highest BCUT2D eigenvalue weighted by Crippen LogP contribution is 1.90. The van der Waals surface area contributed by atoms with Gasteiger partial charge in [0.2, 0.25) is 5.91 Å². The zero-order valence-corrected chi connectivity index (χ0v) is 10.2. The summed E-state index contributed by atoms with van der Waals surface area (Å²) in [5.74, 6) is -0.662. The monoisotopic (exact) mass is 245 g/mol. The second-order valence-corrected chi connectivity index (χ2v) is 3.21. The number of hydrogen-bond donors (Lipinski definition) is 3. The number of carbonyl (C=O) groups excluding carboxylic acids is 3. The molecule has 0 aromatic rings. The van der Waals surface area contributed by atoms with E-state index in [2.05, 4.69) is 16.0 Å². The lowest BCUT2D eigenvalue weighted by Gasteiger charge is -2.05. The van der Waals surface area contributed by atoms with Gasteiger partial charge in [0.05, 0.1) is 13.2 Å². The number of imide groups is 1. The van der Waals surface area contributed by atoms with Gasteiger partial charge in [-0.25, -0.2) is 4.79 Å². The molecular weight excluding hydrogens is 226 g/mol. The van der Waals surface area contributed by atoms with E-state index in [-0.39, 0.29) is 12.5 Å². The topological polar surface area (TPSA) is 96.5 Å². The first-order chi connectivity index (χ1) is 8.10. The molecule has 0 aliphatic heterocycles. The zero-order valence-electron chi connectivity index (χ0n) is 10.2. The van der Waals surface area contributed by atoms with E-state index in [1.165, 1.54) is 7.05 Å². The summed E-state index contributed by atoms with van der Waals surface area (Å²) in [5, 5.41) is 7.19. The van der Waals surface area contributed by atoms with Crippen LogP contribution in [0.1, 0.15) is 19.8 Å². The second kappa shape index (κ2) is 9.59. The molecule has 0 bridgehead atoms. The van der Waals surface area contributed by atoms with Crippen molar-refractivity contribution in [2.45, 2.75) is 19.8 Å². The third-order valence-corrected chi connectivity index (χ3v) is 1.81. The van der Waals surface area contributed by atoms with Crippen LogP contribution in [0.5, 0.6) is 0 Å². The van der Waals surface area contributed by atoms with Crippen molar-refractivity contribution in [3.05, 3.63) is 0 Å². The fraction of sp³-hybridized carbons (Fsp3) is 0.700. The predicted molar refractivity (Wildman–Crippen MR) is 61.3 cm³/mol. The highest BCUT2D eigenvalue weighted by atomic mass is 16.5. The van der Waals surface area contributed by atoms with E-state index in [1.54, 1.807) is 6.92 Å². The van der Waals surface area contributed by atoms with Crippen molar-refractivity contribution in [3.63, 3.8) is 0 Å². The molecule has 98 valence electrons. The van der Waals surface area contributed by atoms with E-state index in [0.717, 1.165) is 0 Å². The molecule has 0 aliphatic carbocycles. The van der Waals surface area contributed by atoms with Crippen LogP contribution in [0.3, 0.4) is 0 Å². The number of amides is 3. The molecule has 0 saturated carbocycles. The minimum atomic E-state index is -0.539. The summed E-state index contributed by atoms with van der Waals surface area (Å²) in [5.41, 5.74) is 0. The standard InChI is InChI=1S/C10H19N3O4/c1-3-17-9(15)5-4-6-12-7-8(14)13-10(16)11-2/h12H,3-7H2,1-2H3,(H2,11,13,14,16). The quantitative estimate of drug-likeness (QED) is 0.410. The lowest BCUT2D eigenvalue weighted by molar-refractivity contribution is -0.143. The van der Waals surface area contributed by atoms with Crippen molar-refractivity contribution in [3.8, 4) is 0 Å². The Morgan fingerprint density at radius 3 is 2.53 bits per heavy atom. The molecule has 0 heterocycles. The van der Waals surface area contributed by atoms with Gasteiger partial charge in [0.25, 0.3) is 0 Å². The average Bonchev–Trinajstić information content (AvgIpc) is 2.28. The number of rotatable bonds is 7. The maximum absolute atomic E-state index is 11.1. The molecule has 0 fully saturated rings. The summed E-state index contributed by atoms with van der Waals surface area (Å²) < 4.78 is 4.74. The first kappa shape index (κ1) is 15.4. The molecule has 0 spiro atoms. The van der Waals surface area contributed by atoms with Crippen LogP contribution < -0.4 is 16.0 Å². The average molecular weight is 245 g/mol. The fourth-order valence-electron chi connectivity index (χ4n) is 1.03. The normalized spacial score (nSPS) is 9.53. The molecular formula is C10H19N3O4. The Bertz CT molecular complexity index is 268. The molecule has 0 rings (SSSR count). The molecule has 17 heavy (non-hydrogen) atoms. The van der Waals surface area contributed by atoms with Crippen LogP contribution >= 0.6 is 0 Å². The Labute approximate surface area is 100 Å². The molecule has 0 radical (unpaired) electrons. The molecule has 0 aromatic heterocycles. The summed E-state index contributed by atoms with van der Waals surface area (Å²) in [6.07, 6.45) is 0.907. The zero-order chi connectivity index (χ0) is 13.1. The molecule has 0 saturated heterocycles. The lowest BCUT2D eigenvalue weighted by atomic mass is 10.3. The minimum absolute atomic E-state index is 0.0379. The molecule has 0 atom stereocenters. The molecule has 0 unspecified atom stereocenters. The van der Waals surface area contributed by atoms with Gasteiger partial charge in [-0.15, -0.1) is 0 Å². The third-order valence-electron chi connectivity index (χ3n) is 1.81. The maximum Gasteiger partial charge on any atom is 0.321 e. The molecule has 7 nitrogen and oxygen atoms in total. The summed E-state index contributed by atoms with van der Waals surface area (Å²) in [7, 11) is 1.43. The van der Waals surface area contributed by atoms with Crippen molar-refractivity contribution < 1.29 is 19.1 Å². The minimum Gasteiger partial charge on any atom is -0.466 e. The van der Waals surface area contributed by atoms with Crippen molar-refractivity contribution >= 4 is 17.9 Å². The van der Waals surface area contributed by atoms with Gasteiger partial charge >= 0.3 is 12.0 Å². The van der Waals surface area contributed by atoms with E-state index in [1.807, 2.05) is 0 Å². The predicted octanol–water partition coefficient (Wildman–Crippen LogP) is -0.625. The Balaban J connectivity index is 3.42. The summed E-state index contributed by atoms with van der Waals surface area (Å²) in [6, 6.07) is -0.539. The van der Waals surface area contributed by atoms with E-state index in [4.69, 9.17) is 4.74 Å². The van der Waals surface area contributed by atoms with Crippen LogP contribution in [0.2, 0.25) is 0 Å². The van der Waals surface area contributed by atoms with Gasteiger partial charge in [-0.3, -0.25) is 14.9 Å². The first-order valence-corrected chi connectivity index (χ1v) is 5.48. The highest BCUT2D eigenvalue weighted by molar-refractivity contribution is 5.95. The van der Waals surface area contributed by atoms with Gasteiger partial charge < -0.3 is 15.4 Å². The van der Waals surface area contributed by atoms with Gasteiger partial charge in [-0.05, 0) is 19.9 Å². The molecule has 3 N–H and O–H groups in total. The van der Waals surface area contributed by atoms with Crippen LogP contribution in [0.15, 0.2) is 0 Å². The summed E-state index contributed by atoms with van der Waals surface area (Å²) in [4.78, 5) is 32.8. The molecule has 0 aromatic carbocycles. The van der Waals surface area contributed by atoms with Crippen molar-refractivity contribution in [1.82, 2.24) is 16.0 Å². The van der Waals surface area contributed by atoms with E-state index < -0.39 is 11.9 Å². The summed E-state index contributed by atoms with van der Waals surface area (Å²) >= 11 is 0. The number of esters is 1. The van der Waals surface area contributed by atoms with Gasteiger partial charge in [-0.1, -0.05) is 0 Å². The van der Waals surface area contributed by atoms with Crippen molar-refractivity contribution in [1.29, 1.82) is 0 Å². The smallest absolute Gasteiger partial charge is 0.321 e. The Kier molecular flexibility index (Phi) is 8.67. The van der Waals surface area contributed by atoms with E-state index >= 15 is 0 Å². The maximum atomic E-state index is 11.1. The Hall–Kier alpha value is -1.63. The Morgan fingerprint density at radius 1 is 1.24 bits per heavy atom. The van der Waals surface area contributed by atoms with E-state index in [0.29, 0.717) is 26.0 Å². The summed E-state index contributed by atoms with van der Waals surface area (Å²) in [6.45, 7) is 2.68. The SMILES string of the molecule is CCOC(=O)CCCNCC(=O)NC(=O)NC. The van der Waals surface area contributed by atoms with Gasteiger partial charge in [-0.2, -0.15) is 0 Å². The van der Waals surface area contributed by atoms with Gasteiger partial charge in [0, 0.05) is 13.5 Å². The van der Waals surface area contributed by atoms with Crippen LogP contribution in [0.4, 0.5) is 4.79 Å².